The maximum absolute atomic E-state index is 12.2. The second kappa shape index (κ2) is 10.7. The van der Waals surface area contributed by atoms with Crippen LogP contribution in [0.1, 0.15) is 21.5 Å². The van der Waals surface area contributed by atoms with Gasteiger partial charge in [0, 0.05) is 74.9 Å². The summed E-state index contributed by atoms with van der Waals surface area (Å²) in [7, 11) is 3.46. The highest BCUT2D eigenvalue weighted by Gasteiger charge is 2.24. The zero-order valence-electron chi connectivity index (χ0n) is 19.6. The van der Waals surface area contributed by atoms with Crippen LogP contribution in [0.3, 0.4) is 0 Å². The van der Waals surface area contributed by atoms with Crippen LogP contribution < -0.4 is 10.4 Å². The molecule has 4 rings (SSSR count). The van der Waals surface area contributed by atoms with Gasteiger partial charge in [0.25, 0.3) is 5.91 Å². The monoisotopic (exact) mass is 470 g/mol. The highest BCUT2D eigenvalue weighted by Crippen LogP contribution is 2.25. The van der Waals surface area contributed by atoms with E-state index in [2.05, 4.69) is 16.8 Å². The van der Waals surface area contributed by atoms with E-state index >= 15 is 0 Å². The number of rotatable bonds is 3. The van der Waals surface area contributed by atoms with Gasteiger partial charge >= 0.3 is 6.03 Å². The molecular weight excluding hydrogens is 444 g/mol. The number of anilines is 1. The molecule has 1 fully saturated rings. The molecule has 0 atom stereocenters. The molecular formula is C26H26N6O3. The van der Waals surface area contributed by atoms with Gasteiger partial charge < -0.3 is 14.7 Å². The Labute approximate surface area is 204 Å². The van der Waals surface area contributed by atoms with E-state index in [-0.39, 0.29) is 6.03 Å². The number of nitrogens with one attached hydrogen (secondary N) is 1. The maximum Gasteiger partial charge on any atom is 0.319 e. The first-order valence-corrected chi connectivity index (χ1v) is 11.1. The number of hydrogen-bond donors (Lipinski definition) is 2. The molecule has 0 bridgehead atoms. The van der Waals surface area contributed by atoms with Gasteiger partial charge in [0.1, 0.15) is 5.82 Å². The summed E-state index contributed by atoms with van der Waals surface area (Å²) < 4.78 is 0. The molecule has 1 aliphatic heterocycles. The summed E-state index contributed by atoms with van der Waals surface area (Å²) in [5.41, 5.74) is 5.07. The Morgan fingerprint density at radius 2 is 1.71 bits per heavy atom. The van der Waals surface area contributed by atoms with Crippen molar-refractivity contribution in [3.8, 4) is 23.1 Å². The Balaban J connectivity index is 1.57. The molecule has 1 saturated heterocycles. The molecule has 0 unspecified atom stereocenters. The molecule has 9 heteroatoms. The highest BCUT2D eigenvalue weighted by atomic mass is 16.5. The molecule has 1 aromatic carbocycles. The lowest BCUT2D eigenvalue weighted by molar-refractivity contribution is 0.0706. The first kappa shape index (κ1) is 23.7. The van der Waals surface area contributed by atoms with Crippen LogP contribution in [0.4, 0.5) is 10.6 Å². The SMILES string of the molecule is CN(C)C(=O)N1CCN(c2cc(C(=O)NO)cc(-c3ccc(C#Cc4cccnc4)cc3)n2)CC1. The number of hydrogen-bond acceptors (Lipinski definition) is 6. The van der Waals surface area contributed by atoms with Crippen LogP contribution in [-0.2, 0) is 0 Å². The summed E-state index contributed by atoms with van der Waals surface area (Å²) in [6.07, 6.45) is 3.41. The predicted molar refractivity (Wildman–Crippen MR) is 132 cm³/mol. The summed E-state index contributed by atoms with van der Waals surface area (Å²) in [6, 6.07) is 14.6. The molecule has 2 N–H and O–H groups in total. The van der Waals surface area contributed by atoms with E-state index in [0.717, 1.165) is 16.7 Å². The first-order valence-electron chi connectivity index (χ1n) is 11.1. The standard InChI is InChI=1S/C26H26N6O3/c1-30(2)26(34)32-14-12-31(13-15-32)24-17-22(25(33)29-35)16-23(28-24)21-9-7-19(8-10-21)5-6-20-4-3-11-27-18-20/h3-4,7-11,16-18,35H,12-15H2,1-2H3,(H,29,33). The number of aromatic nitrogens is 2. The zero-order chi connectivity index (χ0) is 24.8. The summed E-state index contributed by atoms with van der Waals surface area (Å²) in [6.45, 7) is 2.27. The molecule has 1 aliphatic rings. The second-order valence-corrected chi connectivity index (χ2v) is 8.26. The van der Waals surface area contributed by atoms with Crippen molar-refractivity contribution in [1.82, 2.24) is 25.2 Å². The minimum Gasteiger partial charge on any atom is -0.353 e. The van der Waals surface area contributed by atoms with Gasteiger partial charge in [-0.15, -0.1) is 0 Å². The first-order chi connectivity index (χ1) is 16.9. The van der Waals surface area contributed by atoms with Gasteiger partial charge in [0.2, 0.25) is 0 Å². The fourth-order valence-corrected chi connectivity index (χ4v) is 3.74. The van der Waals surface area contributed by atoms with Crippen LogP contribution in [0, 0.1) is 11.8 Å². The van der Waals surface area contributed by atoms with Crippen molar-refractivity contribution in [1.29, 1.82) is 0 Å². The van der Waals surface area contributed by atoms with Gasteiger partial charge in [0.15, 0.2) is 0 Å². The van der Waals surface area contributed by atoms with Crippen molar-refractivity contribution in [3.05, 3.63) is 77.6 Å². The smallest absolute Gasteiger partial charge is 0.319 e. The summed E-state index contributed by atoms with van der Waals surface area (Å²) in [4.78, 5) is 38.7. The summed E-state index contributed by atoms with van der Waals surface area (Å²) >= 11 is 0. The van der Waals surface area contributed by atoms with Crippen LogP contribution in [0.5, 0.6) is 0 Å². The normalized spacial score (nSPS) is 13.0. The van der Waals surface area contributed by atoms with Crippen molar-refractivity contribution >= 4 is 17.8 Å². The minimum absolute atomic E-state index is 0.0292. The van der Waals surface area contributed by atoms with Gasteiger partial charge in [-0.25, -0.2) is 15.3 Å². The van der Waals surface area contributed by atoms with Crippen molar-refractivity contribution < 1.29 is 14.8 Å². The Kier molecular flexibility index (Phi) is 7.24. The summed E-state index contributed by atoms with van der Waals surface area (Å²) in [5, 5.41) is 9.19. The number of pyridine rings is 2. The van der Waals surface area contributed by atoms with Crippen molar-refractivity contribution in [3.63, 3.8) is 0 Å². The van der Waals surface area contributed by atoms with Crippen LogP contribution in [0.2, 0.25) is 0 Å². The predicted octanol–water partition coefficient (Wildman–Crippen LogP) is 2.47. The molecule has 35 heavy (non-hydrogen) atoms. The zero-order valence-corrected chi connectivity index (χ0v) is 19.6. The Morgan fingerprint density at radius 3 is 2.34 bits per heavy atom. The van der Waals surface area contributed by atoms with Gasteiger partial charge in [-0.2, -0.15) is 0 Å². The number of urea groups is 1. The van der Waals surface area contributed by atoms with Crippen molar-refractivity contribution in [2.75, 3.05) is 45.2 Å². The Bertz CT molecular complexity index is 1260. The van der Waals surface area contributed by atoms with Gasteiger partial charge in [-0.1, -0.05) is 24.0 Å². The average Bonchev–Trinajstić information content (AvgIpc) is 2.91. The number of carbonyl (C=O) groups excluding carboxylic acids is 2. The molecule has 3 aromatic rings. The third kappa shape index (κ3) is 5.75. The third-order valence-corrected chi connectivity index (χ3v) is 5.63. The van der Waals surface area contributed by atoms with Gasteiger partial charge in [-0.05, 0) is 36.4 Å². The topological polar surface area (TPSA) is 102 Å². The van der Waals surface area contributed by atoms with Crippen LogP contribution in [-0.4, -0.2) is 77.2 Å². The molecule has 9 nitrogen and oxygen atoms in total. The fraction of sp³-hybridized carbons (Fsp3) is 0.231. The second-order valence-electron chi connectivity index (χ2n) is 8.26. The van der Waals surface area contributed by atoms with Crippen LogP contribution >= 0.6 is 0 Å². The largest absolute Gasteiger partial charge is 0.353 e. The molecule has 0 aliphatic carbocycles. The third-order valence-electron chi connectivity index (χ3n) is 5.63. The Hall–Kier alpha value is -4.42. The number of carbonyl (C=O) groups is 2. The number of nitrogens with zero attached hydrogens (tertiary/aromatic N) is 5. The van der Waals surface area contributed by atoms with E-state index in [0.29, 0.717) is 43.3 Å². The van der Waals surface area contributed by atoms with Crippen LogP contribution in [0.25, 0.3) is 11.3 Å². The van der Waals surface area contributed by atoms with E-state index in [4.69, 9.17) is 4.98 Å². The van der Waals surface area contributed by atoms with Crippen LogP contribution in [0.15, 0.2) is 60.9 Å². The van der Waals surface area contributed by atoms with E-state index in [1.54, 1.807) is 53.9 Å². The molecule has 0 saturated carbocycles. The maximum atomic E-state index is 12.2. The fourth-order valence-electron chi connectivity index (χ4n) is 3.74. The highest BCUT2D eigenvalue weighted by molar-refractivity contribution is 5.95. The molecule has 3 amide bonds. The quantitative estimate of drug-likeness (QED) is 0.346. The lowest BCUT2D eigenvalue weighted by atomic mass is 10.1. The Morgan fingerprint density at radius 1 is 1.00 bits per heavy atom. The van der Waals surface area contributed by atoms with Crippen molar-refractivity contribution in [2.24, 2.45) is 0 Å². The minimum atomic E-state index is -0.615. The average molecular weight is 471 g/mol. The number of hydroxylamine groups is 1. The van der Waals surface area contributed by atoms with E-state index in [1.165, 1.54) is 0 Å². The van der Waals surface area contributed by atoms with Gasteiger partial charge in [0.05, 0.1) is 5.69 Å². The number of amides is 3. The molecule has 2 aromatic heterocycles. The van der Waals surface area contributed by atoms with E-state index in [1.807, 2.05) is 41.3 Å². The van der Waals surface area contributed by atoms with Crippen molar-refractivity contribution in [2.45, 2.75) is 0 Å². The lowest BCUT2D eigenvalue weighted by Gasteiger charge is -2.36. The van der Waals surface area contributed by atoms with E-state index in [9.17, 15) is 14.8 Å². The molecule has 3 heterocycles. The number of piperazine rings is 1. The van der Waals surface area contributed by atoms with Gasteiger partial charge in [-0.3, -0.25) is 15.0 Å². The number of benzene rings is 1. The summed E-state index contributed by atoms with van der Waals surface area (Å²) in [5.74, 6) is 6.18. The lowest BCUT2D eigenvalue weighted by Crippen LogP contribution is -2.51. The van der Waals surface area contributed by atoms with E-state index < -0.39 is 5.91 Å². The molecule has 0 radical (unpaired) electrons. The molecule has 0 spiro atoms. The molecule has 178 valence electrons.